The van der Waals surface area contributed by atoms with Gasteiger partial charge in [0, 0.05) is 41.7 Å². The highest BCUT2D eigenvalue weighted by atomic mass is 32.2. The van der Waals surface area contributed by atoms with Crippen LogP contribution in [0.2, 0.25) is 0 Å². The van der Waals surface area contributed by atoms with Gasteiger partial charge in [-0.05, 0) is 19.8 Å². The second-order valence-corrected chi connectivity index (χ2v) is 8.95. The zero-order valence-corrected chi connectivity index (χ0v) is 17.2. The molecule has 1 aromatic carbocycles. The largest absolute Gasteiger partial charge is 0.401 e. The first kappa shape index (κ1) is 24.1. The molecule has 0 spiro atoms. The molecule has 3 rings (SSSR count). The molecule has 0 saturated heterocycles. The maximum atomic E-state index is 13.4. The number of halogens is 6. The van der Waals surface area contributed by atoms with Gasteiger partial charge in [0.2, 0.25) is 10.0 Å². The third-order valence-corrected chi connectivity index (χ3v) is 6.50. The monoisotopic (exact) mass is 484 g/mol. The molecule has 0 radical (unpaired) electrons. The molecular formula is C18H18F6N4O3S. The van der Waals surface area contributed by atoms with E-state index in [2.05, 4.69) is 20.3 Å². The topological polar surface area (TPSA) is 103 Å². The smallest absolute Gasteiger partial charge is 0.356 e. The molecule has 0 fully saturated rings. The van der Waals surface area contributed by atoms with Gasteiger partial charge in [0.1, 0.15) is 10.6 Å². The minimum Gasteiger partial charge on any atom is -0.356 e. The van der Waals surface area contributed by atoms with Crippen molar-refractivity contribution < 1.29 is 39.6 Å². The number of rotatable bonds is 5. The van der Waals surface area contributed by atoms with Crippen molar-refractivity contribution in [3.05, 3.63) is 47.0 Å². The number of amides is 1. The highest BCUT2D eigenvalue weighted by Gasteiger charge is 2.35. The number of anilines is 1. The van der Waals surface area contributed by atoms with Gasteiger partial charge in [-0.2, -0.15) is 13.2 Å². The number of carbonyl (C=O) groups is 1. The van der Waals surface area contributed by atoms with Crippen LogP contribution in [0.1, 0.15) is 29.4 Å². The summed E-state index contributed by atoms with van der Waals surface area (Å²) in [6, 6.07) is -0.659. The number of carbonyl (C=O) groups excluding carboxylic acids is 1. The molecule has 0 aliphatic carbocycles. The molecule has 2 heterocycles. The fourth-order valence-corrected chi connectivity index (χ4v) is 4.93. The molecule has 1 aromatic heterocycles. The molecule has 4 N–H and O–H groups in total. The standard InChI is InChI=1S/C18H18F6N4O3S/c1-8(26-7-18(22,23)24)13-3-2-10-14(32(30,31)28-13)6-25-16(10)17(29)27-9-4-11(19)15(21)12(20)5-9/h4-6,8,13,25-26,28H,2-3,7H2,1H3,(H,27,29). The third-order valence-electron chi connectivity index (χ3n) is 4.94. The fraction of sp³-hybridized carbons (Fsp3) is 0.389. The van der Waals surface area contributed by atoms with Gasteiger partial charge in [-0.15, -0.1) is 0 Å². The Kier molecular flexibility index (Phi) is 6.58. The maximum absolute atomic E-state index is 13.4. The van der Waals surface area contributed by atoms with Crippen molar-refractivity contribution >= 4 is 21.6 Å². The summed E-state index contributed by atoms with van der Waals surface area (Å²) < 4.78 is 105. The number of aromatic amines is 1. The Morgan fingerprint density at radius 2 is 1.84 bits per heavy atom. The molecule has 2 unspecified atom stereocenters. The van der Waals surface area contributed by atoms with Crippen molar-refractivity contribution in [2.45, 2.75) is 42.9 Å². The van der Waals surface area contributed by atoms with Gasteiger partial charge in [0.05, 0.1) is 6.54 Å². The van der Waals surface area contributed by atoms with E-state index >= 15 is 0 Å². The van der Waals surface area contributed by atoms with Gasteiger partial charge >= 0.3 is 6.18 Å². The molecule has 0 bridgehead atoms. The lowest BCUT2D eigenvalue weighted by Crippen LogP contribution is -2.49. The van der Waals surface area contributed by atoms with Crippen molar-refractivity contribution in [3.63, 3.8) is 0 Å². The van der Waals surface area contributed by atoms with Crippen LogP contribution in [-0.4, -0.2) is 44.1 Å². The third kappa shape index (κ3) is 5.24. The Bertz CT molecular complexity index is 1110. The van der Waals surface area contributed by atoms with Crippen LogP contribution < -0.4 is 15.4 Å². The molecule has 32 heavy (non-hydrogen) atoms. The number of fused-ring (bicyclic) bond motifs is 1. The molecule has 0 saturated carbocycles. The number of hydrogen-bond acceptors (Lipinski definition) is 4. The molecule has 176 valence electrons. The van der Waals surface area contributed by atoms with Crippen LogP contribution in [0.15, 0.2) is 23.2 Å². The fourth-order valence-electron chi connectivity index (χ4n) is 3.34. The zero-order valence-electron chi connectivity index (χ0n) is 16.4. The molecule has 2 aromatic rings. The van der Waals surface area contributed by atoms with Crippen molar-refractivity contribution in [2.24, 2.45) is 0 Å². The van der Waals surface area contributed by atoms with E-state index < -0.39 is 63.9 Å². The van der Waals surface area contributed by atoms with Gasteiger partial charge in [0.25, 0.3) is 5.91 Å². The van der Waals surface area contributed by atoms with Crippen molar-refractivity contribution in [2.75, 3.05) is 11.9 Å². The van der Waals surface area contributed by atoms with Crippen LogP contribution >= 0.6 is 0 Å². The first-order chi connectivity index (χ1) is 14.8. The van der Waals surface area contributed by atoms with E-state index in [0.717, 1.165) is 6.20 Å². The predicted molar refractivity (Wildman–Crippen MR) is 101 cm³/mol. The number of aromatic nitrogens is 1. The lowest BCUT2D eigenvalue weighted by atomic mass is 10.0. The Labute approximate surface area is 178 Å². The molecule has 2 atom stereocenters. The van der Waals surface area contributed by atoms with E-state index in [1.165, 1.54) is 6.92 Å². The lowest BCUT2D eigenvalue weighted by molar-refractivity contribution is -0.126. The Hall–Kier alpha value is -2.58. The second kappa shape index (κ2) is 8.75. The normalized spacial score (nSPS) is 19.2. The average Bonchev–Trinajstić information content (AvgIpc) is 3.06. The van der Waals surface area contributed by atoms with E-state index in [0.29, 0.717) is 12.1 Å². The minimum atomic E-state index is -4.48. The zero-order chi connectivity index (χ0) is 23.8. The van der Waals surface area contributed by atoms with E-state index in [9.17, 15) is 39.6 Å². The Balaban J connectivity index is 1.81. The average molecular weight is 484 g/mol. The Morgan fingerprint density at radius 3 is 2.44 bits per heavy atom. The number of alkyl halides is 3. The van der Waals surface area contributed by atoms with Crippen LogP contribution in [0.3, 0.4) is 0 Å². The number of benzene rings is 1. The minimum absolute atomic E-state index is 0.00264. The van der Waals surface area contributed by atoms with Crippen molar-refractivity contribution in [1.29, 1.82) is 0 Å². The van der Waals surface area contributed by atoms with E-state index in [1.807, 2.05) is 0 Å². The number of nitrogens with one attached hydrogen (secondary N) is 4. The van der Waals surface area contributed by atoms with Crippen molar-refractivity contribution in [1.82, 2.24) is 15.0 Å². The molecule has 14 heteroatoms. The summed E-state index contributed by atoms with van der Waals surface area (Å²) >= 11 is 0. The van der Waals surface area contributed by atoms with Crippen LogP contribution in [0, 0.1) is 17.5 Å². The van der Waals surface area contributed by atoms with Gasteiger partial charge in [-0.25, -0.2) is 26.3 Å². The summed E-state index contributed by atoms with van der Waals surface area (Å²) in [7, 11) is -4.18. The summed E-state index contributed by atoms with van der Waals surface area (Å²) in [5, 5.41) is 4.37. The molecular weight excluding hydrogens is 466 g/mol. The van der Waals surface area contributed by atoms with Gasteiger partial charge in [-0.1, -0.05) is 0 Å². The van der Waals surface area contributed by atoms with Gasteiger partial charge < -0.3 is 15.6 Å². The van der Waals surface area contributed by atoms with Crippen molar-refractivity contribution in [3.8, 4) is 0 Å². The number of sulfonamides is 1. The summed E-state index contributed by atoms with van der Waals surface area (Å²) in [6.07, 6.45) is -3.37. The molecule has 1 aliphatic rings. The number of H-pyrrole nitrogens is 1. The summed E-state index contributed by atoms with van der Waals surface area (Å²) in [5.41, 5.74) is -0.553. The van der Waals surface area contributed by atoms with Gasteiger partial charge in [-0.3, -0.25) is 4.79 Å². The van der Waals surface area contributed by atoms with E-state index in [-0.39, 0.29) is 29.0 Å². The quantitative estimate of drug-likeness (QED) is 0.387. The summed E-state index contributed by atoms with van der Waals surface area (Å²) in [5.74, 6) is -5.71. The SMILES string of the molecule is CC(NCC(F)(F)F)C1CCc2c(c[nH]c2C(=O)Nc2cc(F)c(F)c(F)c2)S(=O)(=O)N1. The summed E-state index contributed by atoms with van der Waals surface area (Å²) in [6.45, 7) is 0.0874. The van der Waals surface area contributed by atoms with Crippen LogP contribution in [0.4, 0.5) is 32.0 Å². The lowest BCUT2D eigenvalue weighted by Gasteiger charge is -2.24. The Morgan fingerprint density at radius 1 is 1.22 bits per heavy atom. The molecule has 1 aliphatic heterocycles. The highest BCUT2D eigenvalue weighted by Crippen LogP contribution is 2.27. The first-order valence-corrected chi connectivity index (χ1v) is 10.8. The first-order valence-electron chi connectivity index (χ1n) is 9.27. The van der Waals surface area contributed by atoms with E-state index in [4.69, 9.17) is 0 Å². The second-order valence-electron chi connectivity index (χ2n) is 7.27. The van der Waals surface area contributed by atoms with Crippen LogP contribution in [0.5, 0.6) is 0 Å². The number of hydrogen-bond donors (Lipinski definition) is 4. The van der Waals surface area contributed by atoms with Gasteiger partial charge in [0.15, 0.2) is 17.5 Å². The molecule has 1 amide bonds. The highest BCUT2D eigenvalue weighted by molar-refractivity contribution is 7.89. The maximum Gasteiger partial charge on any atom is 0.401 e. The predicted octanol–water partition coefficient (Wildman–Crippen LogP) is 2.82. The van der Waals surface area contributed by atoms with Crippen LogP contribution in [0.25, 0.3) is 0 Å². The molecule has 7 nitrogen and oxygen atoms in total. The summed E-state index contributed by atoms with van der Waals surface area (Å²) in [4.78, 5) is 14.8. The van der Waals surface area contributed by atoms with Crippen LogP contribution in [-0.2, 0) is 16.4 Å². The van der Waals surface area contributed by atoms with E-state index in [1.54, 1.807) is 0 Å².